The van der Waals surface area contributed by atoms with E-state index in [1.54, 1.807) is 18.2 Å². The van der Waals surface area contributed by atoms with E-state index in [0.29, 0.717) is 12.2 Å². The topological polar surface area (TPSA) is 78.4 Å². The molecule has 1 heterocycles. The Balaban J connectivity index is 2.24. The zero-order chi connectivity index (χ0) is 15.5. The van der Waals surface area contributed by atoms with Crippen molar-refractivity contribution in [2.45, 2.75) is 33.1 Å². The number of anilines is 1. The summed E-state index contributed by atoms with van der Waals surface area (Å²) in [4.78, 5) is 24.0. The van der Waals surface area contributed by atoms with E-state index in [0.717, 1.165) is 31.4 Å². The van der Waals surface area contributed by atoms with Gasteiger partial charge in [0.05, 0.1) is 16.7 Å². The molecular weight excluding hydrogens is 268 g/mol. The van der Waals surface area contributed by atoms with Crippen molar-refractivity contribution in [1.29, 1.82) is 0 Å². The Morgan fingerprint density at radius 1 is 1.43 bits per heavy atom. The summed E-state index contributed by atoms with van der Waals surface area (Å²) in [7, 11) is 0. The monoisotopic (exact) mass is 290 g/mol. The molecule has 1 aliphatic rings. The number of carboxylic acids is 1. The minimum absolute atomic E-state index is 0.0939. The fraction of sp³-hybridized carbons (Fsp3) is 0.500. The fourth-order valence-corrected chi connectivity index (χ4v) is 2.82. The van der Waals surface area contributed by atoms with E-state index in [9.17, 15) is 14.7 Å². The number of aromatic carboxylic acids is 1. The number of hydrogen-bond acceptors (Lipinski definition) is 3. The van der Waals surface area contributed by atoms with Gasteiger partial charge in [0.25, 0.3) is 0 Å². The second kappa shape index (κ2) is 6.26. The second-order valence-corrected chi connectivity index (χ2v) is 5.72. The van der Waals surface area contributed by atoms with Crippen LogP contribution in [0, 0.1) is 12.3 Å². The largest absolute Gasteiger partial charge is 0.478 e. The summed E-state index contributed by atoms with van der Waals surface area (Å²) in [6, 6.07) is 5.05. The van der Waals surface area contributed by atoms with Crippen LogP contribution in [0.25, 0.3) is 0 Å². The van der Waals surface area contributed by atoms with E-state index in [2.05, 4.69) is 10.6 Å². The van der Waals surface area contributed by atoms with Crippen LogP contribution in [0.2, 0.25) is 0 Å². The second-order valence-electron chi connectivity index (χ2n) is 5.72. The number of carbonyl (C=O) groups is 2. The zero-order valence-electron chi connectivity index (χ0n) is 12.5. The van der Waals surface area contributed by atoms with Crippen molar-refractivity contribution < 1.29 is 14.7 Å². The highest BCUT2D eigenvalue weighted by Gasteiger charge is 2.38. The van der Waals surface area contributed by atoms with Crippen LogP contribution in [0.4, 0.5) is 5.69 Å². The number of nitrogens with one attached hydrogen (secondary N) is 2. The first-order chi connectivity index (χ1) is 9.98. The maximum absolute atomic E-state index is 12.6. The van der Waals surface area contributed by atoms with Gasteiger partial charge in [-0.1, -0.05) is 18.6 Å². The number of amides is 1. The third kappa shape index (κ3) is 3.24. The zero-order valence-corrected chi connectivity index (χ0v) is 12.5. The summed E-state index contributed by atoms with van der Waals surface area (Å²) in [5, 5.41) is 15.4. The van der Waals surface area contributed by atoms with Gasteiger partial charge in [-0.25, -0.2) is 4.79 Å². The summed E-state index contributed by atoms with van der Waals surface area (Å²) in [5.74, 6) is -1.12. The molecule has 0 radical (unpaired) electrons. The molecule has 0 spiro atoms. The number of carbonyl (C=O) groups excluding carboxylic acids is 1. The summed E-state index contributed by atoms with van der Waals surface area (Å²) in [6.45, 7) is 5.40. The molecule has 1 atom stereocenters. The van der Waals surface area contributed by atoms with Crippen LogP contribution in [-0.2, 0) is 4.79 Å². The lowest BCUT2D eigenvalue weighted by molar-refractivity contribution is -0.126. The molecule has 1 fully saturated rings. The molecule has 3 N–H and O–H groups in total. The van der Waals surface area contributed by atoms with Crippen LogP contribution < -0.4 is 10.6 Å². The highest BCUT2D eigenvalue weighted by Crippen LogP contribution is 2.32. The molecule has 21 heavy (non-hydrogen) atoms. The molecule has 1 amide bonds. The maximum atomic E-state index is 12.6. The van der Waals surface area contributed by atoms with Crippen molar-refractivity contribution >= 4 is 17.6 Å². The Labute approximate surface area is 124 Å². The van der Waals surface area contributed by atoms with Gasteiger partial charge >= 0.3 is 5.97 Å². The molecule has 5 heteroatoms. The molecule has 1 aromatic carbocycles. The number of benzene rings is 1. The van der Waals surface area contributed by atoms with Gasteiger partial charge in [0, 0.05) is 6.54 Å². The summed E-state index contributed by atoms with van der Waals surface area (Å²) in [6.07, 6.45) is 2.53. The van der Waals surface area contributed by atoms with Crippen LogP contribution in [0.5, 0.6) is 0 Å². The van der Waals surface area contributed by atoms with E-state index >= 15 is 0 Å². The average molecular weight is 290 g/mol. The summed E-state index contributed by atoms with van der Waals surface area (Å²) >= 11 is 0. The Bertz CT molecular complexity index is 548. The fourth-order valence-electron chi connectivity index (χ4n) is 2.82. The third-order valence-corrected chi connectivity index (χ3v) is 4.28. The first kappa shape index (κ1) is 15.5. The minimum Gasteiger partial charge on any atom is -0.478 e. The number of carboxylic acid groups (broad SMARTS) is 1. The minimum atomic E-state index is -1.03. The smallest absolute Gasteiger partial charge is 0.337 e. The lowest BCUT2D eigenvalue weighted by Gasteiger charge is -2.35. The molecule has 0 aliphatic carbocycles. The van der Waals surface area contributed by atoms with E-state index < -0.39 is 11.4 Å². The van der Waals surface area contributed by atoms with Gasteiger partial charge < -0.3 is 15.7 Å². The van der Waals surface area contributed by atoms with E-state index in [-0.39, 0.29) is 11.5 Å². The highest BCUT2D eigenvalue weighted by atomic mass is 16.4. The normalized spacial score (nSPS) is 21.8. The maximum Gasteiger partial charge on any atom is 0.337 e. The van der Waals surface area contributed by atoms with Crippen LogP contribution >= 0.6 is 0 Å². The standard InChI is InChI=1S/C16H22N2O3/c1-3-16(7-4-8-17-10-16)15(21)18-13-6-5-11(2)9-12(13)14(19)20/h5-6,9,17H,3-4,7-8,10H2,1-2H3,(H,18,21)(H,19,20). The van der Waals surface area contributed by atoms with E-state index in [1.807, 2.05) is 13.8 Å². The summed E-state index contributed by atoms with van der Waals surface area (Å²) in [5.41, 5.74) is 0.920. The van der Waals surface area contributed by atoms with Gasteiger partial charge in [-0.15, -0.1) is 0 Å². The van der Waals surface area contributed by atoms with Crippen molar-refractivity contribution in [1.82, 2.24) is 5.32 Å². The molecule has 1 saturated heterocycles. The van der Waals surface area contributed by atoms with Crippen LogP contribution in [-0.4, -0.2) is 30.1 Å². The third-order valence-electron chi connectivity index (χ3n) is 4.28. The van der Waals surface area contributed by atoms with E-state index in [1.165, 1.54) is 0 Å². The van der Waals surface area contributed by atoms with Crippen molar-refractivity contribution in [3.8, 4) is 0 Å². The Morgan fingerprint density at radius 2 is 2.19 bits per heavy atom. The predicted molar refractivity (Wildman–Crippen MR) is 81.6 cm³/mol. The number of hydrogen-bond donors (Lipinski definition) is 3. The molecule has 114 valence electrons. The molecule has 0 aromatic heterocycles. The van der Waals surface area contributed by atoms with Gasteiger partial charge in [0.1, 0.15) is 0 Å². The Hall–Kier alpha value is -1.88. The van der Waals surface area contributed by atoms with E-state index in [4.69, 9.17) is 0 Å². The van der Waals surface area contributed by atoms with Crippen LogP contribution in [0.15, 0.2) is 18.2 Å². The highest BCUT2D eigenvalue weighted by molar-refractivity contribution is 6.02. The van der Waals surface area contributed by atoms with Gasteiger partial charge in [-0.3, -0.25) is 4.79 Å². The van der Waals surface area contributed by atoms with Gasteiger partial charge in [-0.05, 0) is 44.9 Å². The number of aryl methyl sites for hydroxylation is 1. The predicted octanol–water partition coefficient (Wildman–Crippen LogP) is 2.41. The van der Waals surface area contributed by atoms with Crippen molar-refractivity contribution in [2.75, 3.05) is 18.4 Å². The van der Waals surface area contributed by atoms with Crippen molar-refractivity contribution in [3.05, 3.63) is 29.3 Å². The molecule has 0 bridgehead atoms. The van der Waals surface area contributed by atoms with Crippen molar-refractivity contribution in [2.24, 2.45) is 5.41 Å². The quantitative estimate of drug-likeness (QED) is 0.795. The first-order valence-electron chi connectivity index (χ1n) is 7.34. The molecule has 0 saturated carbocycles. The molecule has 1 unspecified atom stereocenters. The van der Waals surface area contributed by atoms with Crippen LogP contribution in [0.3, 0.4) is 0 Å². The van der Waals surface area contributed by atoms with Gasteiger partial charge in [-0.2, -0.15) is 0 Å². The van der Waals surface area contributed by atoms with Crippen LogP contribution in [0.1, 0.15) is 42.1 Å². The Morgan fingerprint density at radius 3 is 2.76 bits per heavy atom. The SMILES string of the molecule is CCC1(C(=O)Nc2ccc(C)cc2C(=O)O)CCCNC1. The lowest BCUT2D eigenvalue weighted by atomic mass is 9.77. The van der Waals surface area contributed by atoms with Crippen molar-refractivity contribution in [3.63, 3.8) is 0 Å². The lowest BCUT2D eigenvalue weighted by Crippen LogP contribution is -2.47. The Kier molecular flexibility index (Phi) is 4.63. The average Bonchev–Trinajstić information content (AvgIpc) is 2.49. The molecule has 2 rings (SSSR count). The molecular formula is C16H22N2O3. The molecule has 1 aliphatic heterocycles. The number of piperidine rings is 1. The molecule has 5 nitrogen and oxygen atoms in total. The summed E-state index contributed by atoms with van der Waals surface area (Å²) < 4.78 is 0. The first-order valence-corrected chi connectivity index (χ1v) is 7.34. The molecule has 1 aromatic rings. The van der Waals surface area contributed by atoms with Gasteiger partial charge in [0.2, 0.25) is 5.91 Å². The van der Waals surface area contributed by atoms with Gasteiger partial charge in [0.15, 0.2) is 0 Å². The number of rotatable bonds is 4.